The van der Waals surface area contributed by atoms with Gasteiger partial charge in [0, 0.05) is 35.3 Å². The number of benzene rings is 2. The zero-order chi connectivity index (χ0) is 23.8. The van der Waals surface area contributed by atoms with Crippen LogP contribution in [0.15, 0.2) is 72.4 Å². The molecule has 1 amide bonds. The predicted octanol–water partition coefficient (Wildman–Crippen LogP) is 7.04. The van der Waals surface area contributed by atoms with E-state index in [2.05, 4.69) is 42.8 Å². The molecule has 1 aliphatic rings. The maximum Gasteiger partial charge on any atom is 0.416 e. The smallest absolute Gasteiger partial charge is 0.347 e. The highest BCUT2D eigenvalue weighted by Crippen LogP contribution is 2.35. The number of aromatic nitrogens is 1. The molecule has 0 saturated heterocycles. The average molecular weight is 453 g/mol. The summed E-state index contributed by atoms with van der Waals surface area (Å²) in [6.45, 7) is 7.26. The van der Waals surface area contributed by atoms with Gasteiger partial charge >= 0.3 is 6.18 Å². The lowest BCUT2D eigenvalue weighted by atomic mass is 9.85. The van der Waals surface area contributed by atoms with E-state index >= 15 is 0 Å². The minimum Gasteiger partial charge on any atom is -0.347 e. The summed E-state index contributed by atoms with van der Waals surface area (Å²) in [7, 11) is 0. The molecule has 0 aliphatic carbocycles. The summed E-state index contributed by atoms with van der Waals surface area (Å²) < 4.78 is 40.8. The molecule has 0 unspecified atom stereocenters. The van der Waals surface area contributed by atoms with E-state index in [1.165, 1.54) is 17.7 Å². The SMILES string of the molecule is CC(C)(C)c1ccc(C2=C(C(=O)Nc3ccc(C(F)(F)F)cc3)CCCn3cccc32)cc1. The molecule has 6 heteroatoms. The highest BCUT2D eigenvalue weighted by Gasteiger charge is 2.30. The third kappa shape index (κ3) is 4.90. The van der Waals surface area contributed by atoms with Crippen LogP contribution in [0.3, 0.4) is 0 Å². The molecule has 1 aliphatic heterocycles. The van der Waals surface area contributed by atoms with Gasteiger partial charge in [-0.2, -0.15) is 13.2 Å². The lowest BCUT2D eigenvalue weighted by Gasteiger charge is -2.20. The molecule has 1 N–H and O–H groups in total. The quantitative estimate of drug-likeness (QED) is 0.454. The third-order valence-corrected chi connectivity index (χ3v) is 6.00. The van der Waals surface area contributed by atoms with E-state index in [1.807, 2.05) is 30.5 Å². The minimum absolute atomic E-state index is 0.0133. The second-order valence-electron chi connectivity index (χ2n) is 9.40. The van der Waals surface area contributed by atoms with Crippen molar-refractivity contribution in [1.82, 2.24) is 4.57 Å². The van der Waals surface area contributed by atoms with Gasteiger partial charge in [0.15, 0.2) is 0 Å². The maximum absolute atomic E-state index is 13.3. The van der Waals surface area contributed by atoms with Gasteiger partial charge in [-0.25, -0.2) is 0 Å². The normalized spacial score (nSPS) is 14.6. The molecule has 4 rings (SSSR count). The fourth-order valence-corrected chi connectivity index (χ4v) is 4.18. The number of hydrogen-bond donors (Lipinski definition) is 1. The molecule has 0 saturated carbocycles. The van der Waals surface area contributed by atoms with Crippen LogP contribution >= 0.6 is 0 Å². The van der Waals surface area contributed by atoms with Gasteiger partial charge < -0.3 is 9.88 Å². The Morgan fingerprint density at radius 2 is 1.55 bits per heavy atom. The van der Waals surface area contributed by atoms with Gasteiger partial charge in [0.25, 0.3) is 5.91 Å². The van der Waals surface area contributed by atoms with Crippen LogP contribution in [0.4, 0.5) is 18.9 Å². The van der Waals surface area contributed by atoms with E-state index < -0.39 is 11.7 Å². The third-order valence-electron chi connectivity index (χ3n) is 6.00. The Labute approximate surface area is 191 Å². The van der Waals surface area contributed by atoms with Gasteiger partial charge in [-0.05, 0) is 65.8 Å². The van der Waals surface area contributed by atoms with Crippen molar-refractivity contribution in [2.45, 2.75) is 51.7 Å². The minimum atomic E-state index is -4.41. The zero-order valence-corrected chi connectivity index (χ0v) is 19.0. The van der Waals surface area contributed by atoms with Crippen molar-refractivity contribution in [1.29, 1.82) is 0 Å². The molecule has 1 aromatic heterocycles. The molecule has 2 heterocycles. The maximum atomic E-state index is 13.3. The second kappa shape index (κ2) is 8.58. The molecule has 0 atom stereocenters. The monoisotopic (exact) mass is 452 g/mol. The Morgan fingerprint density at radius 3 is 2.15 bits per heavy atom. The Balaban J connectivity index is 1.73. The van der Waals surface area contributed by atoms with Crippen LogP contribution in [-0.4, -0.2) is 10.5 Å². The summed E-state index contributed by atoms with van der Waals surface area (Å²) in [5, 5.41) is 2.80. The summed E-state index contributed by atoms with van der Waals surface area (Å²) in [5.74, 6) is -0.292. The molecule has 33 heavy (non-hydrogen) atoms. The van der Waals surface area contributed by atoms with Gasteiger partial charge in [-0.1, -0.05) is 45.0 Å². The van der Waals surface area contributed by atoms with Crippen molar-refractivity contribution in [3.05, 3.63) is 94.8 Å². The number of fused-ring (bicyclic) bond motifs is 1. The molecule has 3 nitrogen and oxygen atoms in total. The number of anilines is 1. The Morgan fingerprint density at radius 1 is 0.909 bits per heavy atom. The van der Waals surface area contributed by atoms with Crippen LogP contribution in [0.2, 0.25) is 0 Å². The average Bonchev–Trinajstić information content (AvgIpc) is 3.12. The molecule has 0 spiro atoms. The number of amides is 1. The first-order chi connectivity index (χ1) is 15.5. The predicted molar refractivity (Wildman–Crippen MR) is 125 cm³/mol. The van der Waals surface area contributed by atoms with Crippen molar-refractivity contribution in [3.8, 4) is 0 Å². The summed E-state index contributed by atoms with van der Waals surface area (Å²) in [6, 6.07) is 16.8. The van der Waals surface area contributed by atoms with Crippen molar-refractivity contribution in [3.63, 3.8) is 0 Å². The molecule has 0 bridgehead atoms. The number of carbonyl (C=O) groups is 1. The summed E-state index contributed by atoms with van der Waals surface area (Å²) in [6.07, 6.45) is -1.04. The van der Waals surface area contributed by atoms with Gasteiger partial charge in [-0.15, -0.1) is 0 Å². The van der Waals surface area contributed by atoms with Crippen LogP contribution in [-0.2, 0) is 22.9 Å². The zero-order valence-electron chi connectivity index (χ0n) is 19.0. The lowest BCUT2D eigenvalue weighted by molar-refractivity contribution is -0.137. The lowest BCUT2D eigenvalue weighted by Crippen LogP contribution is -2.17. The van der Waals surface area contributed by atoms with Crippen molar-refractivity contribution >= 4 is 17.2 Å². The van der Waals surface area contributed by atoms with Gasteiger partial charge in [0.2, 0.25) is 0 Å². The van der Waals surface area contributed by atoms with E-state index in [-0.39, 0.29) is 11.3 Å². The first kappa shape index (κ1) is 22.9. The summed E-state index contributed by atoms with van der Waals surface area (Å²) in [5.41, 5.74) is 4.22. The fourth-order valence-electron chi connectivity index (χ4n) is 4.18. The van der Waals surface area contributed by atoms with Gasteiger partial charge in [-0.3, -0.25) is 4.79 Å². The highest BCUT2D eigenvalue weighted by molar-refractivity contribution is 6.11. The van der Waals surface area contributed by atoms with Crippen molar-refractivity contribution < 1.29 is 18.0 Å². The molecular formula is C27H27F3N2O. The Bertz CT molecular complexity index is 1180. The number of carbonyl (C=O) groups excluding carboxylic acids is 1. The first-order valence-corrected chi connectivity index (χ1v) is 11.0. The summed E-state index contributed by atoms with van der Waals surface area (Å²) in [4.78, 5) is 13.3. The molecule has 0 radical (unpaired) electrons. The van der Waals surface area contributed by atoms with Gasteiger partial charge in [0.1, 0.15) is 0 Å². The number of aryl methyl sites for hydroxylation is 1. The van der Waals surface area contributed by atoms with E-state index in [9.17, 15) is 18.0 Å². The number of hydrogen-bond acceptors (Lipinski definition) is 1. The molecular weight excluding hydrogens is 425 g/mol. The largest absolute Gasteiger partial charge is 0.416 e. The van der Waals surface area contributed by atoms with Crippen LogP contribution in [0, 0.1) is 0 Å². The van der Waals surface area contributed by atoms with E-state index in [0.29, 0.717) is 17.7 Å². The molecule has 3 aromatic rings. The summed E-state index contributed by atoms with van der Waals surface area (Å²) >= 11 is 0. The Kier molecular flexibility index (Phi) is 5.95. The second-order valence-corrected chi connectivity index (χ2v) is 9.40. The van der Waals surface area contributed by atoms with Crippen LogP contribution in [0.1, 0.15) is 56.0 Å². The number of halogens is 3. The van der Waals surface area contributed by atoms with Crippen molar-refractivity contribution in [2.75, 3.05) is 5.32 Å². The van der Waals surface area contributed by atoms with E-state index in [0.717, 1.165) is 41.9 Å². The Hall–Kier alpha value is -3.28. The van der Waals surface area contributed by atoms with Crippen LogP contribution < -0.4 is 5.32 Å². The number of alkyl halides is 3. The van der Waals surface area contributed by atoms with Crippen molar-refractivity contribution in [2.24, 2.45) is 0 Å². The molecule has 2 aromatic carbocycles. The molecule has 0 fully saturated rings. The van der Waals surface area contributed by atoms with Crippen LogP contribution in [0.5, 0.6) is 0 Å². The van der Waals surface area contributed by atoms with E-state index in [4.69, 9.17) is 0 Å². The highest BCUT2D eigenvalue weighted by atomic mass is 19.4. The first-order valence-electron chi connectivity index (χ1n) is 11.0. The fraction of sp³-hybridized carbons (Fsp3) is 0.296. The number of rotatable bonds is 3. The molecule has 172 valence electrons. The topological polar surface area (TPSA) is 34.0 Å². The number of nitrogens with zero attached hydrogens (tertiary/aromatic N) is 1. The van der Waals surface area contributed by atoms with E-state index in [1.54, 1.807) is 0 Å². The van der Waals surface area contributed by atoms with Crippen LogP contribution in [0.25, 0.3) is 5.57 Å². The van der Waals surface area contributed by atoms with Gasteiger partial charge in [0.05, 0.1) is 5.56 Å². The standard InChI is InChI=1S/C27H27F3N2O/c1-26(2,3)19-10-8-18(9-11-19)24-22(6-4-16-32-17-5-7-23(24)32)25(33)31-21-14-12-20(13-15-21)27(28,29)30/h5,7-15,17H,4,6,16H2,1-3H3,(H,31,33). The number of nitrogens with one attached hydrogen (secondary N) is 1.